The third-order valence-electron chi connectivity index (χ3n) is 2.79. The van der Waals surface area contributed by atoms with E-state index in [1.807, 2.05) is 0 Å². The lowest BCUT2D eigenvalue weighted by Crippen LogP contribution is -2.20. The van der Waals surface area contributed by atoms with Crippen LogP contribution in [0.25, 0.3) is 0 Å². The maximum Gasteiger partial charge on any atom is 0.150 e. The number of benzene rings is 1. The second-order valence-electron chi connectivity index (χ2n) is 3.98. The quantitative estimate of drug-likeness (QED) is 0.519. The molecule has 0 spiro atoms. The lowest BCUT2D eigenvalue weighted by atomic mass is 9.99. The molecule has 1 aromatic carbocycles. The molecule has 0 aliphatic rings. The zero-order valence-corrected chi connectivity index (χ0v) is 11.8. The van der Waals surface area contributed by atoms with Crippen LogP contribution in [0.1, 0.15) is 28.4 Å². The molecule has 0 bridgehead atoms. The van der Waals surface area contributed by atoms with E-state index in [0.29, 0.717) is 41.1 Å². The molecule has 0 aliphatic heterocycles. The minimum atomic E-state index is -1.17. The van der Waals surface area contributed by atoms with E-state index < -0.39 is 12.2 Å². The van der Waals surface area contributed by atoms with Crippen LogP contribution in [0.15, 0.2) is 12.1 Å². The van der Waals surface area contributed by atoms with Gasteiger partial charge in [0.2, 0.25) is 0 Å². The third-order valence-corrected chi connectivity index (χ3v) is 3.05. The summed E-state index contributed by atoms with van der Waals surface area (Å²) in [7, 11) is 2.84. The largest absolute Gasteiger partial charge is 0.496 e. The van der Waals surface area contributed by atoms with Crippen molar-refractivity contribution in [3.63, 3.8) is 0 Å². The monoisotopic (exact) mass is 286 g/mol. The maximum absolute atomic E-state index is 10.8. The molecule has 2 N–H and O–H groups in total. The van der Waals surface area contributed by atoms with Crippen LogP contribution in [0, 0.1) is 0 Å². The number of carbonyl (C=O) groups is 1. The molecule has 0 radical (unpaired) electrons. The highest BCUT2D eigenvalue weighted by Gasteiger charge is 2.25. The summed E-state index contributed by atoms with van der Waals surface area (Å²) in [6, 6.07) is 2.98. The van der Waals surface area contributed by atoms with Crippen molar-refractivity contribution in [1.29, 1.82) is 0 Å². The Bertz CT molecular complexity index is 410. The number of ether oxygens (including phenoxy) is 2. The SMILES string of the molecule is COc1cc(C=O)cc(OC)c1C(O)C(O)CCS. The van der Waals surface area contributed by atoms with Crippen molar-refractivity contribution in [1.82, 2.24) is 0 Å². The van der Waals surface area contributed by atoms with E-state index in [1.165, 1.54) is 26.4 Å². The maximum atomic E-state index is 10.8. The van der Waals surface area contributed by atoms with E-state index >= 15 is 0 Å². The molecule has 1 aromatic rings. The first-order valence-corrected chi connectivity index (χ1v) is 6.40. The smallest absolute Gasteiger partial charge is 0.150 e. The highest BCUT2D eigenvalue weighted by molar-refractivity contribution is 7.80. The predicted octanol–water partition coefficient (Wildman–Crippen LogP) is 1.23. The summed E-state index contributed by atoms with van der Waals surface area (Å²) in [6.07, 6.45) is -1.17. The zero-order chi connectivity index (χ0) is 14.4. The molecule has 0 aromatic heterocycles. The van der Waals surface area contributed by atoms with Crippen molar-refractivity contribution < 1.29 is 24.5 Å². The van der Waals surface area contributed by atoms with Gasteiger partial charge in [0.15, 0.2) is 0 Å². The lowest BCUT2D eigenvalue weighted by Gasteiger charge is -2.22. The lowest BCUT2D eigenvalue weighted by molar-refractivity contribution is 0.0145. The zero-order valence-electron chi connectivity index (χ0n) is 10.9. The molecule has 19 heavy (non-hydrogen) atoms. The fourth-order valence-electron chi connectivity index (χ4n) is 1.80. The van der Waals surface area contributed by atoms with Crippen LogP contribution in [0.5, 0.6) is 11.5 Å². The fraction of sp³-hybridized carbons (Fsp3) is 0.462. The number of thiol groups is 1. The number of hydrogen-bond acceptors (Lipinski definition) is 6. The van der Waals surface area contributed by atoms with Crippen LogP contribution in [-0.4, -0.2) is 42.6 Å². The number of methoxy groups -OCH3 is 2. The summed E-state index contributed by atoms with van der Waals surface area (Å²) >= 11 is 4.02. The molecule has 6 heteroatoms. The molecular formula is C13H18O5S. The molecule has 0 saturated carbocycles. The number of aliphatic hydroxyl groups is 2. The van der Waals surface area contributed by atoms with Crippen LogP contribution in [0.2, 0.25) is 0 Å². The fourth-order valence-corrected chi connectivity index (χ4v) is 2.07. The van der Waals surface area contributed by atoms with Gasteiger partial charge in [-0.05, 0) is 24.3 Å². The van der Waals surface area contributed by atoms with Crippen molar-refractivity contribution in [2.45, 2.75) is 18.6 Å². The van der Waals surface area contributed by atoms with E-state index in [0.717, 1.165) is 0 Å². The van der Waals surface area contributed by atoms with Gasteiger partial charge in [0.05, 0.1) is 25.9 Å². The summed E-state index contributed by atoms with van der Waals surface area (Å²) in [5.41, 5.74) is 0.693. The van der Waals surface area contributed by atoms with Crippen LogP contribution in [0.4, 0.5) is 0 Å². The molecule has 1 rings (SSSR count). The minimum Gasteiger partial charge on any atom is -0.496 e. The van der Waals surface area contributed by atoms with E-state index in [-0.39, 0.29) is 0 Å². The van der Waals surface area contributed by atoms with E-state index in [9.17, 15) is 15.0 Å². The van der Waals surface area contributed by atoms with Gasteiger partial charge < -0.3 is 19.7 Å². The average Bonchev–Trinajstić information content (AvgIpc) is 2.44. The molecule has 0 saturated heterocycles. The van der Waals surface area contributed by atoms with Gasteiger partial charge in [0.1, 0.15) is 23.9 Å². The number of aliphatic hydroxyl groups excluding tert-OH is 2. The first-order valence-electron chi connectivity index (χ1n) is 5.77. The van der Waals surface area contributed by atoms with Crippen molar-refractivity contribution >= 4 is 18.9 Å². The first-order chi connectivity index (χ1) is 9.08. The molecule has 5 nitrogen and oxygen atoms in total. The summed E-state index contributed by atoms with van der Waals surface area (Å²) in [6.45, 7) is 0. The van der Waals surface area contributed by atoms with Crippen molar-refractivity contribution in [2.24, 2.45) is 0 Å². The van der Waals surface area contributed by atoms with Gasteiger partial charge in [-0.15, -0.1) is 0 Å². The Hall–Kier alpha value is -1.24. The van der Waals surface area contributed by atoms with Crippen molar-refractivity contribution in [3.05, 3.63) is 23.3 Å². The normalized spacial score (nSPS) is 13.7. The Morgan fingerprint density at radius 2 is 1.79 bits per heavy atom. The highest BCUT2D eigenvalue weighted by atomic mass is 32.1. The molecule has 0 fully saturated rings. The Labute approximate surface area is 117 Å². The van der Waals surface area contributed by atoms with Crippen LogP contribution < -0.4 is 9.47 Å². The second-order valence-corrected chi connectivity index (χ2v) is 4.43. The van der Waals surface area contributed by atoms with Crippen LogP contribution in [-0.2, 0) is 0 Å². The molecule has 0 amide bonds. The van der Waals surface area contributed by atoms with Crippen LogP contribution in [0.3, 0.4) is 0 Å². The number of rotatable bonds is 7. The molecule has 0 aliphatic carbocycles. The summed E-state index contributed by atoms with van der Waals surface area (Å²) in [5, 5.41) is 20.0. The molecule has 2 atom stereocenters. The van der Waals surface area contributed by atoms with Gasteiger partial charge in [-0.1, -0.05) is 0 Å². The minimum absolute atomic E-state index is 0.298. The topological polar surface area (TPSA) is 76.0 Å². The van der Waals surface area contributed by atoms with Gasteiger partial charge in [-0.2, -0.15) is 12.6 Å². The molecule has 0 heterocycles. The number of hydrogen-bond donors (Lipinski definition) is 3. The number of carbonyl (C=O) groups excluding carboxylic acids is 1. The molecular weight excluding hydrogens is 268 g/mol. The Kier molecular flexibility index (Phi) is 6.14. The summed E-state index contributed by atoms with van der Waals surface area (Å²) < 4.78 is 10.3. The van der Waals surface area contributed by atoms with Crippen LogP contribution >= 0.6 is 12.6 Å². The predicted molar refractivity (Wildman–Crippen MR) is 74.4 cm³/mol. The second kappa shape index (κ2) is 7.37. The van der Waals surface area contributed by atoms with Crippen molar-refractivity contribution in [2.75, 3.05) is 20.0 Å². The highest BCUT2D eigenvalue weighted by Crippen LogP contribution is 2.37. The van der Waals surface area contributed by atoms with Gasteiger partial charge in [0.25, 0.3) is 0 Å². The molecule has 2 unspecified atom stereocenters. The summed E-state index contributed by atoms with van der Waals surface area (Å²) in [4.78, 5) is 10.8. The Morgan fingerprint density at radius 1 is 1.26 bits per heavy atom. The number of aldehydes is 1. The average molecular weight is 286 g/mol. The van der Waals surface area contributed by atoms with Gasteiger partial charge in [0, 0.05) is 5.56 Å². The summed E-state index contributed by atoms with van der Waals surface area (Å²) in [5.74, 6) is 1.04. The standard InChI is InChI=1S/C13H18O5S/c1-17-10-5-8(7-14)6-11(18-2)12(10)13(16)9(15)3-4-19/h5-7,9,13,15-16,19H,3-4H2,1-2H3. The van der Waals surface area contributed by atoms with Gasteiger partial charge >= 0.3 is 0 Å². The van der Waals surface area contributed by atoms with Crippen molar-refractivity contribution in [3.8, 4) is 11.5 Å². The van der Waals surface area contributed by atoms with Gasteiger partial charge in [-0.3, -0.25) is 4.79 Å². The Balaban J connectivity index is 3.26. The van der Waals surface area contributed by atoms with E-state index in [1.54, 1.807) is 0 Å². The third kappa shape index (κ3) is 3.62. The van der Waals surface area contributed by atoms with E-state index in [4.69, 9.17) is 9.47 Å². The van der Waals surface area contributed by atoms with Gasteiger partial charge in [-0.25, -0.2) is 0 Å². The molecule has 106 valence electrons. The first kappa shape index (κ1) is 15.8. The van der Waals surface area contributed by atoms with E-state index in [2.05, 4.69) is 12.6 Å². The Morgan fingerprint density at radius 3 is 2.16 bits per heavy atom.